The first-order chi connectivity index (χ1) is 7.34. The summed E-state index contributed by atoms with van der Waals surface area (Å²) >= 11 is 0. The fraction of sp³-hybridized carbons (Fsp3) is 0.273. The number of carbonyl (C=O) groups is 1. The van der Waals surface area contributed by atoms with Crippen LogP contribution in [0.5, 0.6) is 0 Å². The number of benzene rings is 1. The fourth-order valence-corrected chi connectivity index (χ4v) is 1.43. The smallest absolute Gasteiger partial charge is 0.225 e. The third kappa shape index (κ3) is 2.80. The Labute approximate surface area is 88.4 Å². The highest BCUT2D eigenvalue weighted by atomic mass is 16.1. The summed E-state index contributed by atoms with van der Waals surface area (Å²) in [4.78, 5) is 11.1. The van der Waals surface area contributed by atoms with Crippen LogP contribution in [0.15, 0.2) is 35.4 Å². The van der Waals surface area contributed by atoms with Gasteiger partial charge in [0.2, 0.25) is 5.91 Å². The van der Waals surface area contributed by atoms with Crippen molar-refractivity contribution in [3.8, 4) is 0 Å². The van der Waals surface area contributed by atoms with Gasteiger partial charge in [0.05, 0.1) is 12.1 Å². The molecule has 1 aromatic carbocycles. The Bertz CT molecular complexity index is 373. The van der Waals surface area contributed by atoms with Crippen LogP contribution in [0.25, 0.3) is 0 Å². The van der Waals surface area contributed by atoms with E-state index in [-0.39, 0.29) is 5.91 Å². The number of hydrogen-bond donors (Lipinski definition) is 2. The molecule has 1 aromatic rings. The second kappa shape index (κ2) is 4.59. The third-order valence-corrected chi connectivity index (χ3v) is 2.22. The molecule has 1 saturated heterocycles. The molecular weight excluding hydrogens is 190 g/mol. The van der Waals surface area contributed by atoms with Crippen LogP contribution in [-0.4, -0.2) is 18.2 Å². The molecule has 0 radical (unpaired) electrons. The quantitative estimate of drug-likeness (QED) is 0.713. The van der Waals surface area contributed by atoms with E-state index in [0.717, 1.165) is 17.8 Å². The molecule has 1 fully saturated rings. The molecule has 1 aliphatic heterocycles. The largest absolute Gasteiger partial charge is 0.355 e. The average molecular weight is 203 g/mol. The molecule has 0 spiro atoms. The molecule has 1 heterocycles. The van der Waals surface area contributed by atoms with Crippen LogP contribution in [0.4, 0.5) is 5.69 Å². The first-order valence-corrected chi connectivity index (χ1v) is 4.98. The van der Waals surface area contributed by atoms with E-state index in [1.807, 2.05) is 30.3 Å². The number of nitrogens with one attached hydrogen (secondary N) is 2. The van der Waals surface area contributed by atoms with Crippen molar-refractivity contribution in [1.29, 1.82) is 0 Å². The lowest BCUT2D eigenvalue weighted by molar-refractivity contribution is -0.120. The minimum Gasteiger partial charge on any atom is -0.355 e. The predicted molar refractivity (Wildman–Crippen MR) is 59.7 cm³/mol. The molecule has 0 bridgehead atoms. The number of nitrogens with zero attached hydrogens (tertiary/aromatic N) is 1. The maximum Gasteiger partial charge on any atom is 0.225 e. The van der Waals surface area contributed by atoms with Gasteiger partial charge in [-0.15, -0.1) is 0 Å². The Balaban J connectivity index is 1.96. The van der Waals surface area contributed by atoms with E-state index in [1.165, 1.54) is 0 Å². The second-order valence-corrected chi connectivity index (χ2v) is 3.43. The molecule has 0 aromatic heterocycles. The Hall–Kier alpha value is -1.84. The third-order valence-electron chi connectivity index (χ3n) is 2.22. The lowest BCUT2D eigenvalue weighted by Crippen LogP contribution is -2.34. The van der Waals surface area contributed by atoms with E-state index in [9.17, 15) is 4.79 Å². The molecule has 1 aliphatic rings. The number of hydrazone groups is 1. The number of para-hydroxylation sites is 1. The van der Waals surface area contributed by atoms with Gasteiger partial charge in [-0.1, -0.05) is 18.2 Å². The molecule has 0 saturated carbocycles. The number of anilines is 1. The minimum atomic E-state index is 0.0508. The summed E-state index contributed by atoms with van der Waals surface area (Å²) in [5.41, 5.74) is 4.79. The van der Waals surface area contributed by atoms with Crippen LogP contribution < -0.4 is 10.7 Å². The number of rotatable bonds is 2. The minimum absolute atomic E-state index is 0.0508. The average Bonchev–Trinajstić information content (AvgIpc) is 2.28. The first kappa shape index (κ1) is 9.71. The summed E-state index contributed by atoms with van der Waals surface area (Å²) in [6, 6.07) is 9.71. The molecule has 0 unspecified atom stereocenters. The van der Waals surface area contributed by atoms with Crippen LogP contribution in [0.3, 0.4) is 0 Å². The molecule has 0 atom stereocenters. The number of carbonyl (C=O) groups excluding carboxylic acids is 1. The summed E-state index contributed by atoms with van der Waals surface area (Å²) < 4.78 is 0. The maximum absolute atomic E-state index is 11.1. The van der Waals surface area contributed by atoms with Gasteiger partial charge in [-0.25, -0.2) is 0 Å². The van der Waals surface area contributed by atoms with Gasteiger partial charge in [-0.2, -0.15) is 5.10 Å². The Morgan fingerprint density at radius 3 is 2.80 bits per heavy atom. The van der Waals surface area contributed by atoms with Gasteiger partial charge in [0.25, 0.3) is 0 Å². The van der Waals surface area contributed by atoms with Crippen molar-refractivity contribution in [2.45, 2.75) is 12.8 Å². The Morgan fingerprint density at radius 1 is 1.27 bits per heavy atom. The Kier molecular flexibility index (Phi) is 2.97. The van der Waals surface area contributed by atoms with Gasteiger partial charge in [0.1, 0.15) is 0 Å². The highest BCUT2D eigenvalue weighted by Crippen LogP contribution is 2.06. The van der Waals surface area contributed by atoms with E-state index >= 15 is 0 Å². The molecule has 2 N–H and O–H groups in total. The number of piperidine rings is 1. The zero-order valence-corrected chi connectivity index (χ0v) is 8.36. The van der Waals surface area contributed by atoms with Gasteiger partial charge in [0, 0.05) is 18.7 Å². The van der Waals surface area contributed by atoms with E-state index < -0.39 is 0 Å². The van der Waals surface area contributed by atoms with Crippen molar-refractivity contribution in [3.63, 3.8) is 0 Å². The fourth-order valence-electron chi connectivity index (χ4n) is 1.43. The topological polar surface area (TPSA) is 53.5 Å². The molecule has 1 amide bonds. The summed E-state index contributed by atoms with van der Waals surface area (Å²) in [5.74, 6) is 0.0508. The van der Waals surface area contributed by atoms with Gasteiger partial charge >= 0.3 is 0 Å². The molecule has 15 heavy (non-hydrogen) atoms. The van der Waals surface area contributed by atoms with Crippen LogP contribution in [0, 0.1) is 0 Å². The molecular formula is C11H13N3O. The Morgan fingerprint density at radius 2 is 2.07 bits per heavy atom. The van der Waals surface area contributed by atoms with Crippen molar-refractivity contribution in [2.75, 3.05) is 12.0 Å². The van der Waals surface area contributed by atoms with Gasteiger partial charge in [0.15, 0.2) is 0 Å². The summed E-state index contributed by atoms with van der Waals surface area (Å²) in [6.07, 6.45) is 1.23. The second-order valence-electron chi connectivity index (χ2n) is 3.43. The molecule has 78 valence electrons. The SMILES string of the molecule is O=C1C/C(=N\Nc2ccccc2)CCN1. The maximum atomic E-state index is 11.1. The number of hydrogen-bond acceptors (Lipinski definition) is 3. The monoisotopic (exact) mass is 203 g/mol. The molecule has 0 aliphatic carbocycles. The lowest BCUT2D eigenvalue weighted by Gasteiger charge is -2.13. The summed E-state index contributed by atoms with van der Waals surface area (Å²) in [5, 5.41) is 6.97. The highest BCUT2D eigenvalue weighted by Gasteiger charge is 2.12. The summed E-state index contributed by atoms with van der Waals surface area (Å²) in [6.45, 7) is 0.689. The molecule has 4 nitrogen and oxygen atoms in total. The van der Waals surface area contributed by atoms with Crippen molar-refractivity contribution in [3.05, 3.63) is 30.3 Å². The van der Waals surface area contributed by atoms with Crippen LogP contribution >= 0.6 is 0 Å². The van der Waals surface area contributed by atoms with E-state index in [0.29, 0.717) is 13.0 Å². The van der Waals surface area contributed by atoms with Crippen LogP contribution in [-0.2, 0) is 4.79 Å². The van der Waals surface area contributed by atoms with E-state index in [2.05, 4.69) is 15.8 Å². The van der Waals surface area contributed by atoms with Gasteiger partial charge < -0.3 is 5.32 Å². The lowest BCUT2D eigenvalue weighted by atomic mass is 10.1. The van der Waals surface area contributed by atoms with Crippen molar-refractivity contribution in [2.24, 2.45) is 5.10 Å². The summed E-state index contributed by atoms with van der Waals surface area (Å²) in [7, 11) is 0. The first-order valence-electron chi connectivity index (χ1n) is 4.98. The van der Waals surface area contributed by atoms with Gasteiger partial charge in [-0.05, 0) is 12.1 Å². The normalized spacial score (nSPS) is 18.7. The molecule has 2 rings (SSSR count). The zero-order chi connectivity index (χ0) is 10.5. The van der Waals surface area contributed by atoms with Crippen LogP contribution in [0.2, 0.25) is 0 Å². The van der Waals surface area contributed by atoms with E-state index in [4.69, 9.17) is 0 Å². The van der Waals surface area contributed by atoms with Crippen molar-refractivity contribution in [1.82, 2.24) is 5.32 Å². The van der Waals surface area contributed by atoms with Crippen LogP contribution in [0.1, 0.15) is 12.8 Å². The van der Waals surface area contributed by atoms with Crippen molar-refractivity contribution >= 4 is 17.3 Å². The van der Waals surface area contributed by atoms with Gasteiger partial charge in [-0.3, -0.25) is 10.2 Å². The van der Waals surface area contributed by atoms with Crippen molar-refractivity contribution < 1.29 is 4.79 Å². The molecule has 4 heteroatoms. The predicted octanol–water partition coefficient (Wildman–Crippen LogP) is 1.36. The standard InChI is InChI=1S/C11H13N3O/c15-11-8-10(6-7-12-11)14-13-9-4-2-1-3-5-9/h1-5,13H,6-8H2,(H,12,15)/b14-10-. The number of amides is 1. The zero-order valence-electron chi connectivity index (χ0n) is 8.36. The van der Waals surface area contributed by atoms with E-state index in [1.54, 1.807) is 0 Å². The highest BCUT2D eigenvalue weighted by molar-refractivity contribution is 6.03.